The van der Waals surface area contributed by atoms with Crippen LogP contribution in [-0.2, 0) is 9.53 Å². The van der Waals surface area contributed by atoms with E-state index in [1.54, 1.807) is 0 Å². The van der Waals surface area contributed by atoms with Crippen LogP contribution in [0.1, 0.15) is 31.2 Å². The summed E-state index contributed by atoms with van der Waals surface area (Å²) in [5.74, 6) is 1.37. The molecule has 5 nitrogen and oxygen atoms in total. The highest BCUT2D eigenvalue weighted by Crippen LogP contribution is 2.26. The van der Waals surface area contributed by atoms with E-state index in [9.17, 15) is 4.79 Å². The van der Waals surface area contributed by atoms with Crippen molar-refractivity contribution in [1.82, 2.24) is 10.3 Å². The predicted octanol–water partition coefficient (Wildman–Crippen LogP) is 3.05. The van der Waals surface area contributed by atoms with Gasteiger partial charge in [-0.15, -0.1) is 0 Å². The molecule has 2 saturated heterocycles. The molecule has 0 radical (unpaired) electrons. The molecule has 0 atom stereocenters. The lowest BCUT2D eigenvalue weighted by Crippen LogP contribution is -2.45. The number of carbonyl (C=O) groups is 1. The summed E-state index contributed by atoms with van der Waals surface area (Å²) in [4.78, 5) is 19.7. The minimum Gasteiger partial charge on any atom is -0.381 e. The number of anilines is 1. The van der Waals surface area contributed by atoms with E-state index in [2.05, 4.69) is 41.4 Å². The Kier molecular flexibility index (Phi) is 5.07. The summed E-state index contributed by atoms with van der Waals surface area (Å²) in [6, 6.07) is 10.7. The molecule has 2 aliphatic heterocycles. The molecule has 2 aromatic rings. The highest BCUT2D eigenvalue weighted by Gasteiger charge is 2.27. The number of fused-ring (bicyclic) bond motifs is 1. The molecule has 0 aliphatic carbocycles. The second-order valence-corrected chi connectivity index (χ2v) is 7.47. The summed E-state index contributed by atoms with van der Waals surface area (Å²) in [5, 5.41) is 4.43. The summed E-state index contributed by atoms with van der Waals surface area (Å²) >= 11 is 0. The van der Waals surface area contributed by atoms with Crippen molar-refractivity contribution >= 4 is 22.6 Å². The van der Waals surface area contributed by atoms with Crippen LogP contribution in [0, 0.1) is 12.8 Å². The van der Waals surface area contributed by atoms with Crippen LogP contribution in [0.4, 0.5) is 5.82 Å². The minimum atomic E-state index is 0.121. The number of carbonyl (C=O) groups excluding carboxylic acids is 1. The molecule has 5 heteroatoms. The first-order chi connectivity index (χ1) is 12.7. The Hall–Kier alpha value is -2.14. The molecule has 2 aliphatic rings. The molecular formula is C21H27N3O2. The second kappa shape index (κ2) is 7.62. The van der Waals surface area contributed by atoms with Crippen LogP contribution >= 0.6 is 0 Å². The number of hydrogen-bond donors (Lipinski definition) is 1. The van der Waals surface area contributed by atoms with Gasteiger partial charge in [0.15, 0.2) is 0 Å². The highest BCUT2D eigenvalue weighted by atomic mass is 16.5. The molecule has 0 spiro atoms. The molecule has 138 valence electrons. The fourth-order valence-corrected chi connectivity index (χ4v) is 4.03. The number of aryl methyl sites for hydroxylation is 1. The number of piperidine rings is 1. The molecule has 1 aromatic carbocycles. The van der Waals surface area contributed by atoms with Gasteiger partial charge in [0.25, 0.3) is 0 Å². The van der Waals surface area contributed by atoms with Gasteiger partial charge in [-0.3, -0.25) is 4.79 Å². The van der Waals surface area contributed by atoms with Crippen LogP contribution in [0.3, 0.4) is 0 Å². The molecule has 26 heavy (non-hydrogen) atoms. The van der Waals surface area contributed by atoms with Crippen LogP contribution in [0.2, 0.25) is 0 Å². The van der Waals surface area contributed by atoms with E-state index in [4.69, 9.17) is 9.72 Å². The van der Waals surface area contributed by atoms with Crippen LogP contribution in [0.5, 0.6) is 0 Å². The molecule has 4 rings (SSSR count). The average molecular weight is 353 g/mol. The lowest BCUT2D eigenvalue weighted by molar-refractivity contribution is -0.126. The third-order valence-electron chi connectivity index (χ3n) is 5.67. The largest absolute Gasteiger partial charge is 0.381 e. The normalized spacial score (nSPS) is 19.7. The first kappa shape index (κ1) is 17.3. The van der Waals surface area contributed by atoms with Crippen LogP contribution in [0.15, 0.2) is 30.3 Å². The van der Waals surface area contributed by atoms with E-state index >= 15 is 0 Å². The topological polar surface area (TPSA) is 54.5 Å². The van der Waals surface area contributed by atoms with E-state index in [1.165, 1.54) is 10.9 Å². The van der Waals surface area contributed by atoms with Crippen molar-refractivity contribution in [2.75, 3.05) is 31.2 Å². The van der Waals surface area contributed by atoms with E-state index in [0.717, 1.165) is 63.3 Å². The fraction of sp³-hybridized carbons (Fsp3) is 0.524. The summed E-state index contributed by atoms with van der Waals surface area (Å²) in [6.45, 7) is 5.43. The third kappa shape index (κ3) is 3.68. The highest BCUT2D eigenvalue weighted by molar-refractivity contribution is 5.84. The SMILES string of the molecule is Cc1cc(N2CCC(C(=O)NC3CCOCC3)CC2)nc2ccccc12. The number of ether oxygens (including phenoxy) is 1. The zero-order valence-corrected chi connectivity index (χ0v) is 15.4. The number of pyridine rings is 1. The van der Waals surface area contributed by atoms with Gasteiger partial charge in [-0.25, -0.2) is 4.98 Å². The molecular weight excluding hydrogens is 326 g/mol. The van der Waals surface area contributed by atoms with Gasteiger partial charge in [0.2, 0.25) is 5.91 Å². The van der Waals surface area contributed by atoms with Gasteiger partial charge in [-0.2, -0.15) is 0 Å². The molecule has 0 bridgehead atoms. The van der Waals surface area contributed by atoms with Crippen molar-refractivity contribution in [3.8, 4) is 0 Å². The first-order valence-corrected chi connectivity index (χ1v) is 9.70. The number of nitrogens with one attached hydrogen (secondary N) is 1. The predicted molar refractivity (Wildman–Crippen MR) is 103 cm³/mol. The van der Waals surface area contributed by atoms with Crippen molar-refractivity contribution in [2.24, 2.45) is 5.92 Å². The van der Waals surface area contributed by atoms with Crippen LogP contribution in [-0.4, -0.2) is 43.2 Å². The van der Waals surface area contributed by atoms with Gasteiger partial charge in [-0.05, 0) is 50.3 Å². The standard InChI is InChI=1S/C21H27N3O2/c1-15-14-20(23-19-5-3-2-4-18(15)19)24-10-6-16(7-11-24)21(25)22-17-8-12-26-13-9-17/h2-5,14,16-17H,6-13H2,1H3,(H,22,25). The number of para-hydroxylation sites is 1. The molecule has 1 amide bonds. The number of amides is 1. The van der Waals surface area contributed by atoms with E-state index in [-0.39, 0.29) is 11.8 Å². The van der Waals surface area contributed by atoms with Crippen molar-refractivity contribution in [1.29, 1.82) is 0 Å². The number of benzene rings is 1. The van der Waals surface area contributed by atoms with Gasteiger partial charge in [-0.1, -0.05) is 18.2 Å². The Balaban J connectivity index is 1.38. The number of aromatic nitrogens is 1. The average Bonchev–Trinajstić information content (AvgIpc) is 2.69. The lowest BCUT2D eigenvalue weighted by atomic mass is 9.95. The summed E-state index contributed by atoms with van der Waals surface area (Å²) in [6.07, 6.45) is 3.65. The first-order valence-electron chi connectivity index (χ1n) is 9.70. The second-order valence-electron chi connectivity index (χ2n) is 7.47. The maximum absolute atomic E-state index is 12.6. The number of hydrogen-bond acceptors (Lipinski definition) is 4. The smallest absolute Gasteiger partial charge is 0.223 e. The Morgan fingerprint density at radius 2 is 1.88 bits per heavy atom. The zero-order valence-electron chi connectivity index (χ0n) is 15.4. The van der Waals surface area contributed by atoms with Crippen molar-refractivity contribution in [3.05, 3.63) is 35.9 Å². The quantitative estimate of drug-likeness (QED) is 0.921. The summed E-state index contributed by atoms with van der Waals surface area (Å²) in [7, 11) is 0. The van der Waals surface area contributed by atoms with Crippen molar-refractivity contribution < 1.29 is 9.53 Å². The van der Waals surface area contributed by atoms with Crippen molar-refractivity contribution in [3.63, 3.8) is 0 Å². The lowest BCUT2D eigenvalue weighted by Gasteiger charge is -2.33. The van der Waals surface area contributed by atoms with Gasteiger partial charge in [0.05, 0.1) is 5.52 Å². The molecule has 0 saturated carbocycles. The minimum absolute atomic E-state index is 0.121. The van der Waals surface area contributed by atoms with Crippen LogP contribution < -0.4 is 10.2 Å². The van der Waals surface area contributed by atoms with Crippen molar-refractivity contribution in [2.45, 2.75) is 38.6 Å². The zero-order chi connectivity index (χ0) is 17.9. The van der Waals surface area contributed by atoms with E-state index < -0.39 is 0 Å². The van der Waals surface area contributed by atoms with E-state index in [1.807, 2.05) is 6.07 Å². The molecule has 3 heterocycles. The number of rotatable bonds is 3. The molecule has 1 N–H and O–H groups in total. The summed E-state index contributed by atoms with van der Waals surface area (Å²) in [5.41, 5.74) is 2.30. The molecule has 1 aromatic heterocycles. The molecule has 2 fully saturated rings. The Morgan fingerprint density at radius 1 is 1.15 bits per heavy atom. The Labute approximate surface area is 154 Å². The van der Waals surface area contributed by atoms with Crippen LogP contribution in [0.25, 0.3) is 10.9 Å². The van der Waals surface area contributed by atoms with Gasteiger partial charge in [0.1, 0.15) is 5.82 Å². The van der Waals surface area contributed by atoms with E-state index in [0.29, 0.717) is 6.04 Å². The monoisotopic (exact) mass is 353 g/mol. The number of nitrogens with zero attached hydrogens (tertiary/aromatic N) is 2. The Bertz CT molecular complexity index is 778. The maximum atomic E-state index is 12.6. The summed E-state index contributed by atoms with van der Waals surface area (Å²) < 4.78 is 5.37. The Morgan fingerprint density at radius 3 is 2.65 bits per heavy atom. The maximum Gasteiger partial charge on any atom is 0.223 e. The third-order valence-corrected chi connectivity index (χ3v) is 5.67. The van der Waals surface area contributed by atoms with Gasteiger partial charge in [0, 0.05) is 43.6 Å². The van der Waals surface area contributed by atoms with Gasteiger partial charge >= 0.3 is 0 Å². The molecule has 0 unspecified atom stereocenters. The van der Waals surface area contributed by atoms with Gasteiger partial charge < -0.3 is 15.0 Å². The fourth-order valence-electron chi connectivity index (χ4n) is 4.03.